The molecular formula is C18H24N2O. The van der Waals surface area contributed by atoms with E-state index >= 15 is 0 Å². The largest absolute Gasteiger partial charge is 0.374 e. The van der Waals surface area contributed by atoms with Crippen molar-refractivity contribution in [3.63, 3.8) is 0 Å². The predicted octanol–water partition coefficient (Wildman–Crippen LogP) is 4.12. The van der Waals surface area contributed by atoms with E-state index in [-0.39, 0.29) is 0 Å². The number of hydrogen-bond acceptors (Lipinski definition) is 3. The van der Waals surface area contributed by atoms with Gasteiger partial charge in [0.05, 0.1) is 12.7 Å². The summed E-state index contributed by atoms with van der Waals surface area (Å²) in [7, 11) is 0. The van der Waals surface area contributed by atoms with Gasteiger partial charge in [-0.25, -0.2) is 5.43 Å². The van der Waals surface area contributed by atoms with Crippen molar-refractivity contribution in [2.45, 2.75) is 39.5 Å². The molecule has 1 unspecified atom stereocenters. The zero-order valence-electron chi connectivity index (χ0n) is 12.8. The quantitative estimate of drug-likeness (QED) is 0.715. The fourth-order valence-electron chi connectivity index (χ4n) is 1.96. The number of nitrogens with one attached hydrogen (secondary N) is 2. The monoisotopic (exact) mass is 284 g/mol. The van der Waals surface area contributed by atoms with Gasteiger partial charge >= 0.3 is 0 Å². The summed E-state index contributed by atoms with van der Waals surface area (Å²) in [6, 6.07) is 18.6. The highest BCUT2D eigenvalue weighted by Gasteiger charge is 2.01. The molecule has 0 heterocycles. The van der Waals surface area contributed by atoms with Crippen molar-refractivity contribution in [1.82, 2.24) is 5.43 Å². The molecule has 0 aliphatic rings. The molecular weight excluding hydrogens is 260 g/mol. The van der Waals surface area contributed by atoms with Crippen LogP contribution in [0.25, 0.3) is 0 Å². The fraction of sp³-hybridized carbons (Fsp3) is 0.333. The Balaban J connectivity index is 1.80. The van der Waals surface area contributed by atoms with Crippen LogP contribution in [0.1, 0.15) is 31.4 Å². The van der Waals surface area contributed by atoms with Crippen LogP contribution >= 0.6 is 0 Å². The van der Waals surface area contributed by atoms with Crippen LogP contribution in [-0.2, 0) is 17.9 Å². The molecule has 0 amide bonds. The molecule has 0 aliphatic heterocycles. The second-order valence-electron chi connectivity index (χ2n) is 5.19. The van der Waals surface area contributed by atoms with Crippen LogP contribution in [0.4, 0.5) is 5.69 Å². The first kappa shape index (κ1) is 15.5. The maximum atomic E-state index is 5.77. The molecule has 2 rings (SSSR count). The number of anilines is 1. The minimum atomic E-state index is 0.312. The highest BCUT2D eigenvalue weighted by Crippen LogP contribution is 2.09. The summed E-state index contributed by atoms with van der Waals surface area (Å²) >= 11 is 0. The summed E-state index contributed by atoms with van der Waals surface area (Å²) < 4.78 is 5.77. The van der Waals surface area contributed by atoms with E-state index in [9.17, 15) is 0 Å². The number of hydrazine groups is 1. The molecule has 0 fully saturated rings. The lowest BCUT2D eigenvalue weighted by molar-refractivity contribution is 0.0508. The molecule has 2 aromatic carbocycles. The van der Waals surface area contributed by atoms with Crippen molar-refractivity contribution in [3.8, 4) is 0 Å². The van der Waals surface area contributed by atoms with Crippen molar-refractivity contribution < 1.29 is 4.74 Å². The standard InChI is InChI=1S/C18H24N2O/c1-3-15(2)21-14-17-9-7-8-16(12-17)13-19-20-18-10-5-4-6-11-18/h4-12,15,19-20H,3,13-14H2,1-2H3. The Morgan fingerprint density at radius 2 is 1.76 bits per heavy atom. The highest BCUT2D eigenvalue weighted by atomic mass is 16.5. The van der Waals surface area contributed by atoms with Crippen molar-refractivity contribution >= 4 is 5.69 Å². The molecule has 112 valence electrons. The van der Waals surface area contributed by atoms with Crippen molar-refractivity contribution in [2.24, 2.45) is 0 Å². The molecule has 0 spiro atoms. The van der Waals surface area contributed by atoms with Crippen LogP contribution in [-0.4, -0.2) is 6.10 Å². The normalized spacial score (nSPS) is 12.1. The first-order valence-corrected chi connectivity index (χ1v) is 7.51. The van der Waals surface area contributed by atoms with Crippen LogP contribution in [0.2, 0.25) is 0 Å². The Morgan fingerprint density at radius 1 is 1.00 bits per heavy atom. The Labute approximate surface area is 127 Å². The van der Waals surface area contributed by atoms with E-state index in [1.165, 1.54) is 11.1 Å². The third-order valence-corrected chi connectivity index (χ3v) is 3.40. The topological polar surface area (TPSA) is 33.3 Å². The first-order valence-electron chi connectivity index (χ1n) is 7.51. The molecule has 0 radical (unpaired) electrons. The molecule has 21 heavy (non-hydrogen) atoms. The number of hydrogen-bond donors (Lipinski definition) is 2. The summed E-state index contributed by atoms with van der Waals surface area (Å²) in [6.45, 7) is 5.69. The van der Waals surface area contributed by atoms with Crippen LogP contribution in [0.15, 0.2) is 54.6 Å². The molecule has 0 bridgehead atoms. The van der Waals surface area contributed by atoms with E-state index < -0.39 is 0 Å². The third kappa shape index (κ3) is 5.58. The lowest BCUT2D eigenvalue weighted by Gasteiger charge is -2.12. The Kier molecular flexibility index (Phi) is 6.25. The molecule has 3 heteroatoms. The van der Waals surface area contributed by atoms with E-state index in [4.69, 9.17) is 4.74 Å². The van der Waals surface area contributed by atoms with Gasteiger partial charge in [-0.1, -0.05) is 49.4 Å². The Morgan fingerprint density at radius 3 is 2.52 bits per heavy atom. The van der Waals surface area contributed by atoms with Gasteiger partial charge in [-0.05, 0) is 36.6 Å². The number of para-hydroxylation sites is 1. The van der Waals surface area contributed by atoms with E-state index in [0.29, 0.717) is 12.7 Å². The average molecular weight is 284 g/mol. The molecule has 3 nitrogen and oxygen atoms in total. The second-order valence-corrected chi connectivity index (χ2v) is 5.19. The van der Waals surface area contributed by atoms with E-state index in [2.05, 4.69) is 49.0 Å². The molecule has 2 aromatic rings. The maximum Gasteiger partial charge on any atom is 0.0720 e. The summed E-state index contributed by atoms with van der Waals surface area (Å²) in [5.41, 5.74) is 9.94. The summed E-state index contributed by atoms with van der Waals surface area (Å²) in [4.78, 5) is 0. The molecule has 1 atom stereocenters. The van der Waals surface area contributed by atoms with Crippen LogP contribution in [0, 0.1) is 0 Å². The van der Waals surface area contributed by atoms with E-state index in [1.807, 2.05) is 30.3 Å². The van der Waals surface area contributed by atoms with Gasteiger partial charge in [0.25, 0.3) is 0 Å². The Hall–Kier alpha value is -1.84. The zero-order valence-corrected chi connectivity index (χ0v) is 12.8. The van der Waals surface area contributed by atoms with Gasteiger partial charge in [0.2, 0.25) is 0 Å². The van der Waals surface area contributed by atoms with Gasteiger partial charge in [-0.2, -0.15) is 0 Å². The third-order valence-electron chi connectivity index (χ3n) is 3.40. The van der Waals surface area contributed by atoms with Crippen LogP contribution < -0.4 is 10.9 Å². The molecule has 2 N–H and O–H groups in total. The van der Waals surface area contributed by atoms with Crippen molar-refractivity contribution in [3.05, 3.63) is 65.7 Å². The van der Waals surface area contributed by atoms with Crippen molar-refractivity contribution in [2.75, 3.05) is 5.43 Å². The zero-order chi connectivity index (χ0) is 14.9. The van der Waals surface area contributed by atoms with Gasteiger partial charge < -0.3 is 10.2 Å². The lowest BCUT2D eigenvalue weighted by atomic mass is 10.1. The fourth-order valence-corrected chi connectivity index (χ4v) is 1.96. The summed E-state index contributed by atoms with van der Waals surface area (Å²) in [5.74, 6) is 0. The average Bonchev–Trinajstić information content (AvgIpc) is 2.54. The second kappa shape index (κ2) is 8.45. The number of ether oxygens (including phenoxy) is 1. The first-order chi connectivity index (χ1) is 10.3. The van der Waals surface area contributed by atoms with Crippen LogP contribution in [0.3, 0.4) is 0 Å². The summed E-state index contributed by atoms with van der Waals surface area (Å²) in [6.07, 6.45) is 1.36. The number of benzene rings is 2. The van der Waals surface area contributed by atoms with Gasteiger partial charge in [0.15, 0.2) is 0 Å². The van der Waals surface area contributed by atoms with E-state index in [1.54, 1.807) is 0 Å². The summed E-state index contributed by atoms with van der Waals surface area (Å²) in [5, 5.41) is 0. The predicted molar refractivity (Wildman–Crippen MR) is 87.9 cm³/mol. The molecule has 0 aliphatic carbocycles. The molecule has 0 aromatic heterocycles. The van der Waals surface area contributed by atoms with Crippen LogP contribution in [0.5, 0.6) is 0 Å². The molecule has 0 saturated carbocycles. The molecule has 0 saturated heterocycles. The van der Waals surface area contributed by atoms with Gasteiger partial charge in [-0.3, -0.25) is 0 Å². The SMILES string of the molecule is CCC(C)OCc1cccc(CNNc2ccccc2)c1. The van der Waals surface area contributed by atoms with Gasteiger partial charge in [-0.15, -0.1) is 0 Å². The van der Waals surface area contributed by atoms with Gasteiger partial charge in [0, 0.05) is 12.2 Å². The van der Waals surface area contributed by atoms with Gasteiger partial charge in [0.1, 0.15) is 0 Å². The minimum absolute atomic E-state index is 0.312. The van der Waals surface area contributed by atoms with E-state index in [0.717, 1.165) is 18.7 Å². The smallest absolute Gasteiger partial charge is 0.0720 e. The Bertz CT molecular complexity index is 528. The van der Waals surface area contributed by atoms with Crippen molar-refractivity contribution in [1.29, 1.82) is 0 Å². The maximum absolute atomic E-state index is 5.77. The minimum Gasteiger partial charge on any atom is -0.374 e. The lowest BCUT2D eigenvalue weighted by Crippen LogP contribution is -2.20. The number of rotatable bonds is 8. The highest BCUT2D eigenvalue weighted by molar-refractivity contribution is 5.41.